The summed E-state index contributed by atoms with van der Waals surface area (Å²) in [5.74, 6) is 1.74. The Morgan fingerprint density at radius 1 is 1.40 bits per heavy atom. The number of H-pyrrole nitrogens is 1. The number of phenolic OH excluding ortho intramolecular Hbond substituents is 1. The van der Waals surface area contributed by atoms with Crippen molar-refractivity contribution in [3.63, 3.8) is 0 Å². The zero-order chi connectivity index (χ0) is 14.1. The quantitative estimate of drug-likeness (QED) is 0.768. The molecule has 0 spiro atoms. The summed E-state index contributed by atoms with van der Waals surface area (Å²) in [6.45, 7) is 6.87. The molecule has 0 bridgehead atoms. The lowest BCUT2D eigenvalue weighted by Gasteiger charge is -2.30. The number of aromatic nitrogens is 3. The van der Waals surface area contributed by atoms with Crippen molar-refractivity contribution in [2.24, 2.45) is 0 Å². The molecule has 1 atom stereocenters. The largest absolute Gasteiger partial charge is 0.508 e. The molecular formula is C14H19N5O. The Morgan fingerprint density at radius 3 is 3.00 bits per heavy atom. The highest BCUT2D eigenvalue weighted by Crippen LogP contribution is 2.25. The molecule has 2 heterocycles. The van der Waals surface area contributed by atoms with Crippen molar-refractivity contribution in [3.8, 4) is 17.1 Å². The molecule has 0 saturated carbocycles. The highest BCUT2D eigenvalue weighted by atomic mass is 16.3. The molecule has 6 nitrogen and oxygen atoms in total. The minimum Gasteiger partial charge on any atom is -0.508 e. The number of hydrogen-bond acceptors (Lipinski definition) is 5. The maximum Gasteiger partial charge on any atom is 0.245 e. The van der Waals surface area contributed by atoms with Gasteiger partial charge < -0.3 is 15.3 Å². The molecule has 0 aliphatic carbocycles. The minimum absolute atomic E-state index is 0.266. The summed E-state index contributed by atoms with van der Waals surface area (Å²) < 4.78 is 0. The van der Waals surface area contributed by atoms with Crippen LogP contribution in [0.5, 0.6) is 5.75 Å². The first kappa shape index (κ1) is 12.9. The number of aromatic hydroxyl groups is 1. The molecular weight excluding hydrogens is 254 g/mol. The van der Waals surface area contributed by atoms with Crippen LogP contribution in [-0.4, -0.2) is 46.0 Å². The predicted octanol–water partition coefficient (Wildman–Crippen LogP) is 1.28. The van der Waals surface area contributed by atoms with E-state index in [1.54, 1.807) is 12.1 Å². The highest BCUT2D eigenvalue weighted by molar-refractivity contribution is 5.62. The smallest absolute Gasteiger partial charge is 0.245 e. The molecule has 0 radical (unpaired) electrons. The van der Waals surface area contributed by atoms with Gasteiger partial charge in [0.15, 0.2) is 5.82 Å². The van der Waals surface area contributed by atoms with Gasteiger partial charge in [0.1, 0.15) is 5.75 Å². The summed E-state index contributed by atoms with van der Waals surface area (Å²) in [4.78, 5) is 6.76. The second kappa shape index (κ2) is 5.13. The molecule has 1 aromatic heterocycles. The van der Waals surface area contributed by atoms with Gasteiger partial charge >= 0.3 is 0 Å². The van der Waals surface area contributed by atoms with E-state index in [1.165, 1.54) is 0 Å². The second-order valence-electron chi connectivity index (χ2n) is 5.28. The van der Waals surface area contributed by atoms with E-state index in [0.717, 1.165) is 42.5 Å². The van der Waals surface area contributed by atoms with Crippen LogP contribution in [0.25, 0.3) is 11.4 Å². The molecule has 1 saturated heterocycles. The molecule has 1 aromatic carbocycles. The molecule has 6 heteroatoms. The number of anilines is 1. The van der Waals surface area contributed by atoms with Gasteiger partial charge in [0.2, 0.25) is 5.95 Å². The van der Waals surface area contributed by atoms with Crippen LogP contribution in [0.4, 0.5) is 5.95 Å². The van der Waals surface area contributed by atoms with Gasteiger partial charge in [-0.3, -0.25) is 5.10 Å². The number of phenols is 1. The van der Waals surface area contributed by atoms with Crippen molar-refractivity contribution in [2.45, 2.75) is 19.9 Å². The lowest BCUT2D eigenvalue weighted by molar-refractivity contribution is 0.475. The van der Waals surface area contributed by atoms with E-state index in [2.05, 4.69) is 32.3 Å². The molecule has 1 fully saturated rings. The van der Waals surface area contributed by atoms with Crippen LogP contribution in [0.1, 0.15) is 12.5 Å². The number of nitrogens with zero attached hydrogens (tertiary/aromatic N) is 3. The van der Waals surface area contributed by atoms with E-state index >= 15 is 0 Å². The van der Waals surface area contributed by atoms with Crippen LogP contribution < -0.4 is 10.2 Å². The van der Waals surface area contributed by atoms with Gasteiger partial charge in [0.05, 0.1) is 0 Å². The van der Waals surface area contributed by atoms with E-state index in [9.17, 15) is 5.11 Å². The number of aromatic amines is 1. The average molecular weight is 273 g/mol. The standard InChI is InChI=1S/C14H19N5O/c1-9-7-11(20)3-4-12(9)13-16-14(18-17-13)19-6-5-15-10(2)8-19/h3-4,7,10,15,20H,5-6,8H2,1-2H3,(H,16,17,18)/t10-/m0/s1. The van der Waals surface area contributed by atoms with Crippen LogP contribution in [0.15, 0.2) is 18.2 Å². The van der Waals surface area contributed by atoms with Crippen LogP contribution in [0.3, 0.4) is 0 Å². The Kier molecular flexibility index (Phi) is 3.31. The zero-order valence-corrected chi connectivity index (χ0v) is 11.7. The average Bonchev–Trinajstić information content (AvgIpc) is 2.88. The fourth-order valence-corrected chi connectivity index (χ4v) is 2.54. The number of rotatable bonds is 2. The third-order valence-corrected chi connectivity index (χ3v) is 3.59. The van der Waals surface area contributed by atoms with Crippen LogP contribution >= 0.6 is 0 Å². The molecule has 2 aromatic rings. The summed E-state index contributed by atoms with van der Waals surface area (Å²) in [5.41, 5.74) is 1.94. The van der Waals surface area contributed by atoms with Gasteiger partial charge in [-0.15, -0.1) is 5.10 Å². The molecule has 106 valence electrons. The van der Waals surface area contributed by atoms with Crippen LogP contribution in [-0.2, 0) is 0 Å². The van der Waals surface area contributed by atoms with Crippen molar-refractivity contribution in [2.75, 3.05) is 24.5 Å². The molecule has 3 rings (SSSR count). The van der Waals surface area contributed by atoms with E-state index in [4.69, 9.17) is 0 Å². The topological polar surface area (TPSA) is 77.1 Å². The van der Waals surface area contributed by atoms with Gasteiger partial charge in [-0.25, -0.2) is 0 Å². The Morgan fingerprint density at radius 2 is 2.25 bits per heavy atom. The maximum absolute atomic E-state index is 9.46. The zero-order valence-electron chi connectivity index (χ0n) is 11.7. The van der Waals surface area contributed by atoms with Gasteiger partial charge in [0, 0.05) is 31.2 Å². The summed E-state index contributed by atoms with van der Waals surface area (Å²) >= 11 is 0. The Hall–Kier alpha value is -2.08. The number of piperazine rings is 1. The van der Waals surface area contributed by atoms with E-state index < -0.39 is 0 Å². The minimum atomic E-state index is 0.266. The Bertz CT molecular complexity index is 609. The Labute approximate surface area is 117 Å². The fourth-order valence-electron chi connectivity index (χ4n) is 2.54. The number of hydrogen-bond donors (Lipinski definition) is 3. The van der Waals surface area contributed by atoms with Crippen molar-refractivity contribution in [3.05, 3.63) is 23.8 Å². The fraction of sp³-hybridized carbons (Fsp3) is 0.429. The van der Waals surface area contributed by atoms with Crippen molar-refractivity contribution in [1.82, 2.24) is 20.5 Å². The summed E-state index contributed by atoms with van der Waals surface area (Å²) in [6.07, 6.45) is 0. The summed E-state index contributed by atoms with van der Waals surface area (Å²) in [7, 11) is 0. The van der Waals surface area contributed by atoms with Gasteiger partial charge in [0.25, 0.3) is 0 Å². The lowest BCUT2D eigenvalue weighted by atomic mass is 10.1. The highest BCUT2D eigenvalue weighted by Gasteiger charge is 2.19. The van der Waals surface area contributed by atoms with Crippen LogP contribution in [0.2, 0.25) is 0 Å². The molecule has 0 amide bonds. The predicted molar refractivity (Wildman–Crippen MR) is 77.9 cm³/mol. The molecule has 3 N–H and O–H groups in total. The van der Waals surface area contributed by atoms with Crippen molar-refractivity contribution >= 4 is 5.95 Å². The molecule has 1 aliphatic heterocycles. The number of nitrogens with one attached hydrogen (secondary N) is 2. The first-order chi connectivity index (χ1) is 9.63. The third kappa shape index (κ3) is 2.46. The normalized spacial score (nSPS) is 19.3. The molecule has 20 heavy (non-hydrogen) atoms. The van der Waals surface area contributed by atoms with E-state index in [0.29, 0.717) is 6.04 Å². The molecule has 1 aliphatic rings. The Balaban J connectivity index is 1.86. The SMILES string of the molecule is Cc1cc(O)ccc1-c1nc(N2CCN[C@@H](C)C2)n[nH]1. The maximum atomic E-state index is 9.46. The second-order valence-corrected chi connectivity index (χ2v) is 5.28. The monoisotopic (exact) mass is 273 g/mol. The summed E-state index contributed by atoms with van der Waals surface area (Å²) in [5, 5.41) is 20.2. The number of benzene rings is 1. The number of aryl methyl sites for hydroxylation is 1. The van der Waals surface area contributed by atoms with E-state index in [-0.39, 0.29) is 5.75 Å². The van der Waals surface area contributed by atoms with E-state index in [1.807, 2.05) is 13.0 Å². The van der Waals surface area contributed by atoms with Gasteiger partial charge in [-0.05, 0) is 37.6 Å². The first-order valence-corrected chi connectivity index (χ1v) is 6.84. The van der Waals surface area contributed by atoms with Gasteiger partial charge in [-0.1, -0.05) is 0 Å². The summed E-state index contributed by atoms with van der Waals surface area (Å²) in [6, 6.07) is 5.69. The van der Waals surface area contributed by atoms with Gasteiger partial charge in [-0.2, -0.15) is 4.98 Å². The van der Waals surface area contributed by atoms with Crippen molar-refractivity contribution in [1.29, 1.82) is 0 Å². The molecule has 0 unspecified atom stereocenters. The lowest BCUT2D eigenvalue weighted by Crippen LogP contribution is -2.49. The first-order valence-electron chi connectivity index (χ1n) is 6.84. The van der Waals surface area contributed by atoms with Crippen molar-refractivity contribution < 1.29 is 5.11 Å². The third-order valence-electron chi connectivity index (χ3n) is 3.59. The van der Waals surface area contributed by atoms with Crippen LogP contribution in [0, 0.1) is 6.92 Å².